The van der Waals surface area contributed by atoms with E-state index in [9.17, 15) is 14.4 Å². The van der Waals surface area contributed by atoms with Gasteiger partial charge in [0.2, 0.25) is 0 Å². The molecule has 6 heteroatoms. The first-order valence-electron chi connectivity index (χ1n) is 10.3. The van der Waals surface area contributed by atoms with Crippen LogP contribution >= 0.6 is 0 Å². The molecule has 0 atom stereocenters. The van der Waals surface area contributed by atoms with Crippen LogP contribution in [0, 0.1) is 0 Å². The van der Waals surface area contributed by atoms with Gasteiger partial charge in [0.15, 0.2) is 0 Å². The largest absolute Gasteiger partial charge is 0.323 e. The van der Waals surface area contributed by atoms with Crippen LogP contribution in [0.25, 0.3) is 0 Å². The number of fused-ring (bicyclic) bond motifs is 1. The lowest BCUT2D eigenvalue weighted by Gasteiger charge is -2.29. The molecule has 2 aromatic carbocycles. The van der Waals surface area contributed by atoms with E-state index in [1.165, 1.54) is 10.5 Å². The number of anilines is 2. The molecule has 1 saturated carbocycles. The van der Waals surface area contributed by atoms with Crippen LogP contribution in [-0.4, -0.2) is 28.8 Å². The number of amides is 4. The van der Waals surface area contributed by atoms with Crippen LogP contribution in [0.3, 0.4) is 0 Å². The van der Waals surface area contributed by atoms with Crippen LogP contribution < -0.4 is 10.6 Å². The average Bonchev–Trinajstić information content (AvgIpc) is 2.99. The molecule has 29 heavy (non-hydrogen) atoms. The highest BCUT2D eigenvalue weighted by molar-refractivity contribution is 6.22. The van der Waals surface area contributed by atoms with Crippen molar-refractivity contribution in [1.29, 1.82) is 0 Å². The van der Waals surface area contributed by atoms with Gasteiger partial charge >= 0.3 is 6.03 Å². The predicted molar refractivity (Wildman–Crippen MR) is 112 cm³/mol. The van der Waals surface area contributed by atoms with Crippen molar-refractivity contribution in [1.82, 2.24) is 4.90 Å². The summed E-state index contributed by atoms with van der Waals surface area (Å²) in [4.78, 5) is 39.3. The van der Waals surface area contributed by atoms with Gasteiger partial charge < -0.3 is 10.6 Å². The zero-order chi connectivity index (χ0) is 20.4. The number of nitrogens with zero attached hydrogens (tertiary/aromatic N) is 1. The van der Waals surface area contributed by atoms with E-state index < -0.39 is 6.03 Å². The third-order valence-electron chi connectivity index (χ3n) is 5.74. The van der Waals surface area contributed by atoms with Crippen molar-refractivity contribution in [2.75, 3.05) is 10.6 Å². The third kappa shape index (κ3) is 3.88. The summed E-state index contributed by atoms with van der Waals surface area (Å²) in [5, 5.41) is 5.52. The van der Waals surface area contributed by atoms with E-state index in [1.807, 2.05) is 24.3 Å². The summed E-state index contributed by atoms with van der Waals surface area (Å²) < 4.78 is 0. The molecule has 1 heterocycles. The summed E-state index contributed by atoms with van der Waals surface area (Å²) in [5.41, 5.74) is 3.15. The van der Waals surface area contributed by atoms with Gasteiger partial charge in [0.1, 0.15) is 0 Å². The first-order chi connectivity index (χ1) is 14.1. The van der Waals surface area contributed by atoms with Crippen molar-refractivity contribution >= 4 is 29.2 Å². The van der Waals surface area contributed by atoms with Crippen LogP contribution in [0.4, 0.5) is 16.2 Å². The van der Waals surface area contributed by atoms with Crippen molar-refractivity contribution < 1.29 is 14.4 Å². The number of hydrogen-bond donors (Lipinski definition) is 2. The Kier molecular flexibility index (Phi) is 5.34. The van der Waals surface area contributed by atoms with Gasteiger partial charge in [-0.05, 0) is 55.2 Å². The van der Waals surface area contributed by atoms with E-state index in [1.54, 1.807) is 18.2 Å². The lowest BCUT2D eigenvalue weighted by molar-refractivity contribution is 0.0549. The minimum Gasteiger partial charge on any atom is -0.308 e. The van der Waals surface area contributed by atoms with E-state index >= 15 is 0 Å². The van der Waals surface area contributed by atoms with E-state index in [2.05, 4.69) is 17.6 Å². The van der Waals surface area contributed by atoms with E-state index in [4.69, 9.17) is 0 Å². The Morgan fingerprint density at radius 3 is 2.21 bits per heavy atom. The standard InChI is InChI=1S/C23H25N3O3/c1-2-15-8-10-16(11-9-15)24-23(29)25-17-12-13-19-20(14-17)22(28)26(21(19)27)18-6-4-3-5-7-18/h8-14,18H,2-7H2,1H3,(H2,24,25,29). The number of carbonyl (C=O) groups excluding carboxylic acids is 3. The maximum absolute atomic E-state index is 12.9. The fourth-order valence-electron chi connectivity index (χ4n) is 4.13. The van der Waals surface area contributed by atoms with Gasteiger partial charge in [0.25, 0.3) is 11.8 Å². The second kappa shape index (κ2) is 8.07. The molecule has 4 rings (SSSR count). The van der Waals surface area contributed by atoms with Crippen LogP contribution in [0.1, 0.15) is 65.3 Å². The van der Waals surface area contributed by atoms with Gasteiger partial charge in [-0.1, -0.05) is 38.3 Å². The Hall–Kier alpha value is -3.15. The smallest absolute Gasteiger partial charge is 0.308 e. The molecule has 4 amide bonds. The number of benzene rings is 2. The first-order valence-corrected chi connectivity index (χ1v) is 10.3. The number of urea groups is 1. The average molecular weight is 391 g/mol. The zero-order valence-electron chi connectivity index (χ0n) is 16.5. The quantitative estimate of drug-likeness (QED) is 0.733. The maximum atomic E-state index is 12.9. The topological polar surface area (TPSA) is 78.5 Å². The Labute approximate surface area is 170 Å². The summed E-state index contributed by atoms with van der Waals surface area (Å²) in [6.07, 6.45) is 5.93. The maximum Gasteiger partial charge on any atom is 0.323 e. The molecular formula is C23H25N3O3. The van der Waals surface area contributed by atoms with Crippen molar-refractivity contribution in [3.63, 3.8) is 0 Å². The summed E-state index contributed by atoms with van der Waals surface area (Å²) in [6.45, 7) is 2.07. The molecule has 150 valence electrons. The van der Waals surface area contributed by atoms with Gasteiger partial charge in [-0.15, -0.1) is 0 Å². The van der Waals surface area contributed by atoms with Crippen molar-refractivity contribution in [2.24, 2.45) is 0 Å². The number of rotatable bonds is 4. The number of carbonyl (C=O) groups is 3. The molecular weight excluding hydrogens is 366 g/mol. The zero-order valence-corrected chi connectivity index (χ0v) is 16.5. The molecule has 6 nitrogen and oxygen atoms in total. The monoisotopic (exact) mass is 391 g/mol. The van der Waals surface area contributed by atoms with Crippen molar-refractivity contribution in [3.8, 4) is 0 Å². The highest BCUT2D eigenvalue weighted by Crippen LogP contribution is 2.32. The minimum atomic E-state index is -0.393. The molecule has 2 N–H and O–H groups in total. The van der Waals surface area contributed by atoms with Gasteiger partial charge in [0, 0.05) is 17.4 Å². The number of imide groups is 1. The third-order valence-corrected chi connectivity index (χ3v) is 5.74. The SMILES string of the molecule is CCc1ccc(NC(=O)Nc2ccc3c(c2)C(=O)N(C2CCCCC2)C3=O)cc1. The fourth-order valence-corrected chi connectivity index (χ4v) is 4.13. The second-order valence-electron chi connectivity index (χ2n) is 7.66. The summed E-state index contributed by atoms with van der Waals surface area (Å²) in [6, 6.07) is 12.1. The molecule has 1 aliphatic heterocycles. The summed E-state index contributed by atoms with van der Waals surface area (Å²) >= 11 is 0. The Bertz CT molecular complexity index is 946. The van der Waals surface area contributed by atoms with Crippen molar-refractivity contribution in [3.05, 3.63) is 59.2 Å². The summed E-state index contributed by atoms with van der Waals surface area (Å²) in [7, 11) is 0. The molecule has 1 fully saturated rings. The van der Waals surface area contributed by atoms with Crippen molar-refractivity contribution in [2.45, 2.75) is 51.5 Å². The van der Waals surface area contributed by atoms with Crippen LogP contribution in [0.5, 0.6) is 0 Å². The Morgan fingerprint density at radius 1 is 0.897 bits per heavy atom. The molecule has 0 unspecified atom stereocenters. The van der Waals surface area contributed by atoms with E-state index in [0.717, 1.165) is 38.5 Å². The number of hydrogen-bond acceptors (Lipinski definition) is 3. The van der Waals surface area contributed by atoms with E-state index in [0.29, 0.717) is 22.5 Å². The normalized spacial score (nSPS) is 16.7. The summed E-state index contributed by atoms with van der Waals surface area (Å²) in [5.74, 6) is -0.472. The van der Waals surface area contributed by atoms with Crippen LogP contribution in [0.15, 0.2) is 42.5 Å². The number of nitrogens with one attached hydrogen (secondary N) is 2. The lowest BCUT2D eigenvalue weighted by Crippen LogP contribution is -2.40. The lowest BCUT2D eigenvalue weighted by atomic mass is 9.94. The highest BCUT2D eigenvalue weighted by atomic mass is 16.2. The van der Waals surface area contributed by atoms with Gasteiger partial charge in [-0.2, -0.15) is 0 Å². The van der Waals surface area contributed by atoms with Crippen LogP contribution in [0.2, 0.25) is 0 Å². The highest BCUT2D eigenvalue weighted by Gasteiger charge is 2.40. The molecule has 2 aromatic rings. The molecule has 0 bridgehead atoms. The van der Waals surface area contributed by atoms with Gasteiger partial charge in [-0.3, -0.25) is 14.5 Å². The minimum absolute atomic E-state index is 0.0121. The van der Waals surface area contributed by atoms with Gasteiger partial charge in [-0.25, -0.2) is 4.79 Å². The van der Waals surface area contributed by atoms with E-state index in [-0.39, 0.29) is 17.9 Å². The molecule has 0 radical (unpaired) electrons. The van der Waals surface area contributed by atoms with Gasteiger partial charge in [0.05, 0.1) is 11.1 Å². The number of aryl methyl sites for hydroxylation is 1. The molecule has 0 saturated heterocycles. The first kappa shape index (κ1) is 19.2. The molecule has 1 aliphatic carbocycles. The molecule has 0 aromatic heterocycles. The second-order valence-corrected chi connectivity index (χ2v) is 7.66. The Morgan fingerprint density at radius 2 is 1.52 bits per heavy atom. The Balaban J connectivity index is 1.46. The predicted octanol–water partition coefficient (Wildman–Crippen LogP) is 4.82. The fraction of sp³-hybridized carbons (Fsp3) is 0.348. The molecule has 2 aliphatic rings. The van der Waals surface area contributed by atoms with Crippen LogP contribution in [-0.2, 0) is 6.42 Å². The molecule has 0 spiro atoms.